The highest BCUT2D eigenvalue weighted by Gasteiger charge is 2.67. The van der Waals surface area contributed by atoms with Gasteiger partial charge in [-0.2, -0.15) is 0 Å². The van der Waals surface area contributed by atoms with E-state index >= 15 is 0 Å². The predicted molar refractivity (Wildman–Crippen MR) is 123 cm³/mol. The quantitative estimate of drug-likeness (QED) is 0.472. The van der Waals surface area contributed by atoms with Crippen LogP contribution in [0.2, 0.25) is 0 Å². The number of fused-ring (bicyclic) bond motifs is 7. The number of hydrogen-bond donors (Lipinski definition) is 2. The van der Waals surface area contributed by atoms with Crippen molar-refractivity contribution in [1.29, 1.82) is 0 Å². The van der Waals surface area contributed by atoms with Crippen molar-refractivity contribution >= 4 is 5.97 Å². The van der Waals surface area contributed by atoms with Crippen LogP contribution in [0.15, 0.2) is 11.6 Å². The molecule has 3 nitrogen and oxygen atoms in total. The molecule has 10 unspecified atom stereocenters. The van der Waals surface area contributed by atoms with Crippen molar-refractivity contribution in [3.8, 4) is 0 Å². The molecule has 0 amide bonds. The van der Waals surface area contributed by atoms with Gasteiger partial charge in [-0.1, -0.05) is 46.3 Å². The summed E-state index contributed by atoms with van der Waals surface area (Å²) >= 11 is 0. The Bertz CT molecular complexity index is 802. The van der Waals surface area contributed by atoms with Crippen molar-refractivity contribution in [1.82, 2.24) is 0 Å². The Morgan fingerprint density at radius 1 is 1.00 bits per heavy atom. The third-order valence-corrected chi connectivity index (χ3v) is 12.3. The molecule has 2 N–H and O–H groups in total. The molecular weight excluding hydrogens is 384 g/mol. The van der Waals surface area contributed by atoms with Crippen LogP contribution in [0.1, 0.15) is 98.8 Å². The summed E-state index contributed by atoms with van der Waals surface area (Å²) in [6.45, 7) is 12.2. The molecule has 0 aromatic carbocycles. The Morgan fingerprint density at radius 2 is 1.74 bits per heavy atom. The summed E-state index contributed by atoms with van der Waals surface area (Å²) in [6, 6.07) is 0. The molecule has 0 spiro atoms. The fourth-order valence-electron chi connectivity index (χ4n) is 10.1. The van der Waals surface area contributed by atoms with Crippen LogP contribution in [-0.2, 0) is 4.79 Å². The lowest BCUT2D eigenvalue weighted by Crippen LogP contribution is -2.63. The maximum atomic E-state index is 12.6. The van der Waals surface area contributed by atoms with E-state index in [4.69, 9.17) is 0 Å². The first-order valence-corrected chi connectivity index (χ1v) is 13.1. The number of aliphatic hydroxyl groups excluding tert-OH is 1. The van der Waals surface area contributed by atoms with Crippen molar-refractivity contribution in [3.63, 3.8) is 0 Å². The molecular formula is C28H44O3. The molecule has 3 heteroatoms. The molecule has 5 rings (SSSR count). The van der Waals surface area contributed by atoms with Crippen LogP contribution >= 0.6 is 0 Å². The zero-order valence-electron chi connectivity index (χ0n) is 20.4. The molecule has 0 radical (unpaired) electrons. The fourth-order valence-corrected chi connectivity index (χ4v) is 10.1. The van der Waals surface area contributed by atoms with Crippen molar-refractivity contribution in [2.24, 2.45) is 51.2 Å². The topological polar surface area (TPSA) is 57.5 Å². The van der Waals surface area contributed by atoms with Crippen LogP contribution in [-0.4, -0.2) is 22.3 Å². The second-order valence-corrected chi connectivity index (χ2v) is 13.2. The molecule has 0 aromatic rings. The van der Waals surface area contributed by atoms with E-state index in [2.05, 4.69) is 40.7 Å². The molecule has 0 saturated heterocycles. The maximum absolute atomic E-state index is 12.6. The summed E-state index contributed by atoms with van der Waals surface area (Å²) < 4.78 is 0. The lowest BCUT2D eigenvalue weighted by molar-refractivity contribution is -0.185. The number of hydrogen-bond acceptors (Lipinski definition) is 2. The van der Waals surface area contributed by atoms with E-state index < -0.39 is 11.4 Å². The first-order chi connectivity index (χ1) is 14.5. The van der Waals surface area contributed by atoms with Crippen LogP contribution in [0, 0.1) is 51.2 Å². The monoisotopic (exact) mass is 428 g/mol. The highest BCUT2D eigenvalue weighted by Crippen LogP contribution is 2.74. The predicted octanol–water partition coefficient (Wildman–Crippen LogP) is 6.45. The van der Waals surface area contributed by atoms with Gasteiger partial charge in [0.2, 0.25) is 0 Å². The van der Waals surface area contributed by atoms with E-state index in [1.807, 2.05) is 0 Å². The molecule has 4 saturated carbocycles. The van der Waals surface area contributed by atoms with E-state index in [0.717, 1.165) is 51.4 Å². The average molecular weight is 429 g/mol. The molecule has 0 bridgehead atoms. The van der Waals surface area contributed by atoms with Crippen molar-refractivity contribution in [2.75, 3.05) is 0 Å². The van der Waals surface area contributed by atoms with Gasteiger partial charge in [0.15, 0.2) is 0 Å². The van der Waals surface area contributed by atoms with Crippen molar-refractivity contribution in [3.05, 3.63) is 11.6 Å². The molecule has 0 heterocycles. The number of carbonyl (C=O) groups is 1. The number of allylic oxidation sites excluding steroid dienone is 2. The summed E-state index contributed by atoms with van der Waals surface area (Å²) in [5.41, 5.74) is 1.64. The van der Waals surface area contributed by atoms with Gasteiger partial charge in [0.1, 0.15) is 0 Å². The van der Waals surface area contributed by atoms with Crippen LogP contribution in [0.5, 0.6) is 0 Å². The maximum Gasteiger partial charge on any atom is 0.310 e. The smallest absolute Gasteiger partial charge is 0.310 e. The van der Waals surface area contributed by atoms with E-state index in [-0.39, 0.29) is 28.3 Å². The SMILES string of the molecule is CC1CCC2(C(=O)O)CCC3(C)C(=CCC4C5(C)CCC(O)C(C)C5CCC43C)C2C1. The number of rotatable bonds is 1. The lowest BCUT2D eigenvalue weighted by atomic mass is 9.35. The zero-order chi connectivity index (χ0) is 22.4. The van der Waals surface area contributed by atoms with Crippen molar-refractivity contribution < 1.29 is 15.0 Å². The third kappa shape index (κ3) is 2.65. The summed E-state index contributed by atoms with van der Waals surface area (Å²) in [7, 11) is 0. The fraction of sp³-hybridized carbons (Fsp3) is 0.893. The van der Waals surface area contributed by atoms with Gasteiger partial charge in [0.25, 0.3) is 0 Å². The van der Waals surface area contributed by atoms with Gasteiger partial charge in [-0.05, 0) is 110 Å². The van der Waals surface area contributed by atoms with Crippen molar-refractivity contribution in [2.45, 2.75) is 105 Å². The Kier molecular flexibility index (Phi) is 4.85. The number of aliphatic carboxylic acids is 1. The molecule has 10 atom stereocenters. The molecule has 31 heavy (non-hydrogen) atoms. The third-order valence-electron chi connectivity index (χ3n) is 12.3. The summed E-state index contributed by atoms with van der Waals surface area (Å²) in [4.78, 5) is 12.6. The van der Waals surface area contributed by atoms with Gasteiger partial charge in [-0.25, -0.2) is 0 Å². The Morgan fingerprint density at radius 3 is 2.45 bits per heavy atom. The molecule has 4 fully saturated rings. The second kappa shape index (κ2) is 6.84. The minimum atomic E-state index is -0.537. The zero-order valence-corrected chi connectivity index (χ0v) is 20.4. The highest BCUT2D eigenvalue weighted by molar-refractivity contribution is 5.76. The Hall–Kier alpha value is -0.830. The van der Waals surface area contributed by atoms with Gasteiger partial charge in [0, 0.05) is 0 Å². The summed E-state index contributed by atoms with van der Waals surface area (Å²) in [6.07, 6.45) is 12.9. The van der Waals surface area contributed by atoms with Gasteiger partial charge < -0.3 is 10.2 Å². The van der Waals surface area contributed by atoms with E-state index in [9.17, 15) is 15.0 Å². The molecule has 0 aliphatic heterocycles. The van der Waals surface area contributed by atoms with Gasteiger partial charge in [-0.15, -0.1) is 0 Å². The summed E-state index contributed by atoms with van der Waals surface area (Å²) in [5, 5.41) is 21.0. The largest absolute Gasteiger partial charge is 0.481 e. The normalized spacial score (nSPS) is 56.4. The minimum Gasteiger partial charge on any atom is -0.481 e. The summed E-state index contributed by atoms with van der Waals surface area (Å²) in [5.74, 6) is 1.96. The van der Waals surface area contributed by atoms with Gasteiger partial charge >= 0.3 is 5.97 Å². The van der Waals surface area contributed by atoms with Crippen LogP contribution in [0.4, 0.5) is 0 Å². The second-order valence-electron chi connectivity index (χ2n) is 13.2. The standard InChI is InChI=1S/C28H44O3/c1-17-8-13-28(24(30)31)15-14-26(4)20(21(28)16-17)6-7-23-25(3)11-10-22(29)18(2)19(25)9-12-27(23,26)5/h6,17-19,21-23,29H,7-16H2,1-5H3,(H,30,31). The minimum absolute atomic E-state index is 0.115. The van der Waals surface area contributed by atoms with Crippen LogP contribution in [0.25, 0.3) is 0 Å². The van der Waals surface area contributed by atoms with E-state index in [1.54, 1.807) is 0 Å². The number of carboxylic acids is 1. The van der Waals surface area contributed by atoms with Gasteiger partial charge in [-0.3, -0.25) is 4.79 Å². The van der Waals surface area contributed by atoms with Gasteiger partial charge in [0.05, 0.1) is 11.5 Å². The first kappa shape index (κ1) is 22.0. The average Bonchev–Trinajstić information content (AvgIpc) is 2.71. The molecule has 5 aliphatic carbocycles. The highest BCUT2D eigenvalue weighted by atomic mass is 16.4. The Labute approximate surface area is 189 Å². The number of carboxylic acid groups (broad SMARTS) is 1. The first-order valence-electron chi connectivity index (χ1n) is 13.1. The molecule has 0 aromatic heterocycles. The van der Waals surface area contributed by atoms with Crippen LogP contribution in [0.3, 0.4) is 0 Å². The van der Waals surface area contributed by atoms with Crippen LogP contribution < -0.4 is 0 Å². The van der Waals surface area contributed by atoms with E-state index in [0.29, 0.717) is 23.7 Å². The Balaban J connectivity index is 1.58. The molecule has 5 aliphatic rings. The number of aliphatic hydroxyl groups is 1. The lowest BCUT2D eigenvalue weighted by Gasteiger charge is -2.69. The van der Waals surface area contributed by atoms with E-state index in [1.165, 1.54) is 18.4 Å². The molecule has 174 valence electrons.